The van der Waals surface area contributed by atoms with E-state index in [1.165, 1.54) is 0 Å². The van der Waals surface area contributed by atoms with Crippen LogP contribution in [0.3, 0.4) is 0 Å². The van der Waals surface area contributed by atoms with E-state index in [1.54, 1.807) is 48.2 Å². The van der Waals surface area contributed by atoms with E-state index < -0.39 is 16.1 Å². The summed E-state index contributed by atoms with van der Waals surface area (Å²) >= 11 is 0. The number of likely N-dealkylation sites (tertiary alicyclic amines) is 1. The quantitative estimate of drug-likeness (QED) is 0.538. The molecule has 1 atom stereocenters. The number of aryl methyl sites for hydroxylation is 2. The molecule has 0 spiro atoms. The average molecular weight is 479 g/mol. The maximum absolute atomic E-state index is 13.1. The molecule has 6 nitrogen and oxygen atoms in total. The zero-order chi connectivity index (χ0) is 24.3. The predicted molar refractivity (Wildman–Crippen MR) is 133 cm³/mol. The summed E-state index contributed by atoms with van der Waals surface area (Å²) in [6.45, 7) is 4.70. The average Bonchev–Trinajstić information content (AvgIpc) is 2.85. The number of benzene rings is 3. The minimum absolute atomic E-state index is 0.0992. The summed E-state index contributed by atoms with van der Waals surface area (Å²) < 4.78 is 28.5. The van der Waals surface area contributed by atoms with Crippen LogP contribution >= 0.6 is 0 Å². The third-order valence-electron chi connectivity index (χ3n) is 6.41. The van der Waals surface area contributed by atoms with Gasteiger partial charge < -0.3 is 10.0 Å². The van der Waals surface area contributed by atoms with E-state index in [1.807, 2.05) is 43.3 Å². The summed E-state index contributed by atoms with van der Waals surface area (Å²) in [5.74, 6) is -0.0393. The first-order chi connectivity index (χ1) is 16.2. The van der Waals surface area contributed by atoms with E-state index >= 15 is 0 Å². The Morgan fingerprint density at radius 2 is 1.68 bits per heavy atom. The van der Waals surface area contributed by atoms with Crippen molar-refractivity contribution in [1.29, 1.82) is 0 Å². The highest BCUT2D eigenvalue weighted by Gasteiger charge is 2.29. The highest BCUT2D eigenvalue weighted by molar-refractivity contribution is 7.92. The molecule has 1 unspecified atom stereocenters. The molecular formula is C27H30N2O4S. The number of aliphatic hydroxyl groups is 1. The standard InChI is InChI=1S/C27H30N2O4S/c1-19-11-12-20(2)25(17-19)34(32,33)28-24-10-6-9-23(18-24)27(31)29-15-13-22(14-16-29)26(30)21-7-4-3-5-8-21/h3-12,17-18,22,26,28,30H,13-16H2,1-2H3. The van der Waals surface area contributed by atoms with Crippen LogP contribution in [0.15, 0.2) is 77.7 Å². The largest absolute Gasteiger partial charge is 0.388 e. The normalized spacial score (nSPS) is 15.7. The Morgan fingerprint density at radius 1 is 0.971 bits per heavy atom. The third-order valence-corrected chi connectivity index (χ3v) is 7.93. The van der Waals surface area contributed by atoms with Crippen LogP contribution in [0.1, 0.15) is 46.0 Å². The fourth-order valence-electron chi connectivity index (χ4n) is 4.45. The number of piperidine rings is 1. The monoisotopic (exact) mass is 478 g/mol. The van der Waals surface area contributed by atoms with Gasteiger partial charge in [-0.2, -0.15) is 0 Å². The molecule has 1 heterocycles. The van der Waals surface area contributed by atoms with Gasteiger partial charge in [0.15, 0.2) is 0 Å². The number of hydrogen-bond donors (Lipinski definition) is 2. The van der Waals surface area contributed by atoms with Crippen LogP contribution in [-0.2, 0) is 10.0 Å². The number of carbonyl (C=O) groups is 1. The van der Waals surface area contributed by atoms with E-state index in [0.717, 1.165) is 11.1 Å². The molecule has 1 fully saturated rings. The Hall–Kier alpha value is -3.16. The fraction of sp³-hybridized carbons (Fsp3) is 0.296. The molecule has 1 amide bonds. The van der Waals surface area contributed by atoms with Crippen molar-refractivity contribution in [1.82, 2.24) is 4.90 Å². The van der Waals surface area contributed by atoms with E-state index in [2.05, 4.69) is 4.72 Å². The molecule has 1 aliphatic heterocycles. The van der Waals surface area contributed by atoms with E-state index in [-0.39, 0.29) is 16.7 Å². The number of anilines is 1. The van der Waals surface area contributed by atoms with Crippen molar-refractivity contribution < 1.29 is 18.3 Å². The van der Waals surface area contributed by atoms with Gasteiger partial charge in [0.25, 0.3) is 15.9 Å². The lowest BCUT2D eigenvalue weighted by Gasteiger charge is -2.34. The van der Waals surface area contributed by atoms with Crippen LogP contribution in [0.2, 0.25) is 0 Å². The van der Waals surface area contributed by atoms with E-state index in [9.17, 15) is 18.3 Å². The number of rotatable bonds is 6. The van der Waals surface area contributed by atoms with Crippen LogP contribution in [-0.4, -0.2) is 37.4 Å². The Balaban J connectivity index is 1.43. The molecule has 3 aromatic rings. The highest BCUT2D eigenvalue weighted by atomic mass is 32.2. The maximum atomic E-state index is 13.1. The van der Waals surface area contributed by atoms with Crippen molar-refractivity contribution in [2.75, 3.05) is 17.8 Å². The second-order valence-corrected chi connectivity index (χ2v) is 10.6. The summed E-state index contributed by atoms with van der Waals surface area (Å²) in [7, 11) is -3.78. The van der Waals surface area contributed by atoms with Crippen LogP contribution in [0.25, 0.3) is 0 Å². The Kier molecular flexibility index (Phi) is 7.05. The highest BCUT2D eigenvalue weighted by Crippen LogP contribution is 2.31. The number of sulfonamides is 1. The minimum atomic E-state index is -3.78. The van der Waals surface area contributed by atoms with Crippen molar-refractivity contribution >= 4 is 21.6 Å². The summed E-state index contributed by atoms with van der Waals surface area (Å²) in [6, 6.07) is 21.5. The molecule has 3 aromatic carbocycles. The van der Waals surface area contributed by atoms with Crippen LogP contribution in [0, 0.1) is 19.8 Å². The molecule has 34 heavy (non-hydrogen) atoms. The molecule has 0 saturated carbocycles. The molecule has 0 aliphatic carbocycles. The summed E-state index contributed by atoms with van der Waals surface area (Å²) in [4.78, 5) is 15.1. The molecule has 2 N–H and O–H groups in total. The second kappa shape index (κ2) is 9.99. The molecule has 0 bridgehead atoms. The number of carbonyl (C=O) groups excluding carboxylic acids is 1. The number of nitrogens with zero attached hydrogens (tertiary/aromatic N) is 1. The zero-order valence-electron chi connectivity index (χ0n) is 19.4. The zero-order valence-corrected chi connectivity index (χ0v) is 20.3. The van der Waals surface area contributed by atoms with Crippen LogP contribution < -0.4 is 4.72 Å². The van der Waals surface area contributed by atoms with Gasteiger partial charge in [0.1, 0.15) is 0 Å². The van der Waals surface area contributed by atoms with Gasteiger partial charge in [-0.3, -0.25) is 9.52 Å². The van der Waals surface area contributed by atoms with Gasteiger partial charge in [-0.15, -0.1) is 0 Å². The number of nitrogens with one attached hydrogen (secondary N) is 1. The molecule has 1 saturated heterocycles. The number of amides is 1. The van der Waals surface area contributed by atoms with Gasteiger partial charge in [-0.05, 0) is 73.6 Å². The van der Waals surface area contributed by atoms with Crippen molar-refractivity contribution in [3.8, 4) is 0 Å². The van der Waals surface area contributed by atoms with Crippen LogP contribution in [0.4, 0.5) is 5.69 Å². The van der Waals surface area contributed by atoms with Gasteiger partial charge >= 0.3 is 0 Å². The molecular weight excluding hydrogens is 448 g/mol. The van der Waals surface area contributed by atoms with Crippen molar-refractivity contribution in [2.45, 2.75) is 37.7 Å². The first-order valence-corrected chi connectivity index (χ1v) is 13.0. The SMILES string of the molecule is Cc1ccc(C)c(S(=O)(=O)Nc2cccc(C(=O)N3CCC(C(O)c4ccccc4)CC3)c2)c1. The second-order valence-electron chi connectivity index (χ2n) is 8.94. The van der Waals surface area contributed by atoms with Crippen molar-refractivity contribution in [3.63, 3.8) is 0 Å². The molecule has 178 valence electrons. The van der Waals surface area contributed by atoms with Gasteiger partial charge in [0.05, 0.1) is 11.0 Å². The van der Waals surface area contributed by atoms with Crippen molar-refractivity contribution in [3.05, 3.63) is 95.1 Å². The Labute approximate surface area is 201 Å². The summed E-state index contributed by atoms with van der Waals surface area (Å²) in [5, 5.41) is 10.7. The topological polar surface area (TPSA) is 86.7 Å². The first kappa shape index (κ1) is 24.0. The lowest BCUT2D eigenvalue weighted by atomic mass is 9.87. The lowest BCUT2D eigenvalue weighted by molar-refractivity contribution is 0.0462. The van der Waals surface area contributed by atoms with E-state index in [0.29, 0.717) is 42.7 Å². The maximum Gasteiger partial charge on any atom is 0.262 e. The third kappa shape index (κ3) is 5.32. The Morgan fingerprint density at radius 3 is 2.38 bits per heavy atom. The molecule has 4 rings (SSSR count). The number of aliphatic hydroxyl groups excluding tert-OH is 1. The smallest absolute Gasteiger partial charge is 0.262 e. The van der Waals surface area contributed by atoms with Crippen molar-refractivity contribution in [2.24, 2.45) is 5.92 Å². The van der Waals surface area contributed by atoms with Gasteiger partial charge in [-0.1, -0.05) is 48.5 Å². The van der Waals surface area contributed by atoms with Gasteiger partial charge in [-0.25, -0.2) is 8.42 Å². The Bertz CT molecular complexity index is 1270. The molecule has 0 radical (unpaired) electrons. The molecule has 0 aromatic heterocycles. The lowest BCUT2D eigenvalue weighted by Crippen LogP contribution is -2.39. The first-order valence-electron chi connectivity index (χ1n) is 11.5. The summed E-state index contributed by atoms with van der Waals surface area (Å²) in [6.07, 6.45) is 0.878. The van der Waals surface area contributed by atoms with Gasteiger partial charge in [0.2, 0.25) is 0 Å². The predicted octanol–water partition coefficient (Wildman–Crippen LogP) is 4.69. The fourth-order valence-corrected chi connectivity index (χ4v) is 5.83. The van der Waals surface area contributed by atoms with Gasteiger partial charge in [0, 0.05) is 24.3 Å². The van der Waals surface area contributed by atoms with E-state index in [4.69, 9.17) is 0 Å². The summed E-state index contributed by atoms with van der Waals surface area (Å²) in [5.41, 5.74) is 3.20. The number of hydrogen-bond acceptors (Lipinski definition) is 4. The molecule has 1 aliphatic rings. The minimum Gasteiger partial charge on any atom is -0.388 e. The van der Waals surface area contributed by atoms with Crippen LogP contribution in [0.5, 0.6) is 0 Å². The molecule has 7 heteroatoms.